The Bertz CT molecular complexity index is 995. The molecule has 1 fully saturated rings. The minimum Gasteiger partial charge on any atom is -0.497 e. The van der Waals surface area contributed by atoms with Crippen molar-refractivity contribution in [1.82, 2.24) is 14.7 Å². The van der Waals surface area contributed by atoms with Gasteiger partial charge in [0.15, 0.2) is 0 Å². The van der Waals surface area contributed by atoms with Gasteiger partial charge in [-0.25, -0.2) is 8.42 Å². The van der Waals surface area contributed by atoms with Gasteiger partial charge in [0, 0.05) is 49.8 Å². The normalized spacial score (nSPS) is 15.6. The number of ether oxygens (including phenoxy) is 1. The van der Waals surface area contributed by atoms with Crippen LogP contribution in [0, 0.1) is 16.7 Å². The van der Waals surface area contributed by atoms with E-state index in [0.29, 0.717) is 31.7 Å². The number of methoxy groups -OCH3 is 1. The molecule has 2 aromatic rings. The van der Waals surface area contributed by atoms with Crippen LogP contribution in [0.3, 0.4) is 0 Å². The van der Waals surface area contributed by atoms with E-state index in [4.69, 9.17) is 4.74 Å². The van der Waals surface area contributed by atoms with Gasteiger partial charge in [-0.05, 0) is 36.4 Å². The lowest BCUT2D eigenvalue weighted by Crippen LogP contribution is -2.51. The summed E-state index contributed by atoms with van der Waals surface area (Å²) in [5.74, 6) is 6.01. The minimum absolute atomic E-state index is 0.339. The van der Waals surface area contributed by atoms with Crippen molar-refractivity contribution in [2.24, 2.45) is 5.29 Å². The molecule has 3 rings (SSSR count). The summed E-state index contributed by atoms with van der Waals surface area (Å²) in [6, 6.07) is 10.2. The molecule has 30 heavy (non-hydrogen) atoms. The molecule has 1 aromatic heterocycles. The summed E-state index contributed by atoms with van der Waals surface area (Å²) in [7, 11) is -2.01. The van der Waals surface area contributed by atoms with Crippen LogP contribution in [0.15, 0.2) is 54.1 Å². The predicted octanol–water partition coefficient (Wildman–Crippen LogP) is 1.23. The second kappa shape index (κ2) is 10.0. The zero-order valence-electron chi connectivity index (χ0n) is 16.6. The molecule has 9 nitrogen and oxygen atoms in total. The van der Waals surface area contributed by atoms with Gasteiger partial charge in [0.1, 0.15) is 11.8 Å². The molecule has 158 valence electrons. The highest BCUT2D eigenvalue weighted by atomic mass is 32.2. The lowest BCUT2D eigenvalue weighted by Gasteiger charge is -2.35. The first kappa shape index (κ1) is 21.5. The zero-order valence-corrected chi connectivity index (χ0v) is 17.4. The van der Waals surface area contributed by atoms with Crippen molar-refractivity contribution in [3.63, 3.8) is 0 Å². The Hall–Kier alpha value is -3.16. The first-order valence-corrected chi connectivity index (χ1v) is 11.0. The van der Waals surface area contributed by atoms with E-state index in [1.807, 2.05) is 24.3 Å². The first-order chi connectivity index (χ1) is 14.5. The number of nitrogens with one attached hydrogen (secondary N) is 1. The number of nitrogens with zero attached hydrogens (tertiary/aromatic N) is 4. The third kappa shape index (κ3) is 5.68. The molecule has 0 bridgehead atoms. The molecule has 1 aliphatic rings. The van der Waals surface area contributed by atoms with E-state index >= 15 is 0 Å². The Morgan fingerprint density at radius 3 is 2.53 bits per heavy atom. The predicted molar refractivity (Wildman–Crippen MR) is 114 cm³/mol. The fourth-order valence-corrected chi connectivity index (χ4v) is 4.63. The van der Waals surface area contributed by atoms with Gasteiger partial charge >= 0.3 is 0 Å². The Morgan fingerprint density at radius 2 is 1.93 bits per heavy atom. The first-order valence-electron chi connectivity index (χ1n) is 9.38. The molecule has 0 amide bonds. The van der Waals surface area contributed by atoms with Crippen LogP contribution in [-0.4, -0.2) is 62.8 Å². The van der Waals surface area contributed by atoms with Crippen LogP contribution in [0.1, 0.15) is 5.56 Å². The van der Waals surface area contributed by atoms with E-state index in [1.165, 1.54) is 4.31 Å². The van der Waals surface area contributed by atoms with E-state index in [2.05, 4.69) is 32.4 Å². The Balaban J connectivity index is 1.62. The van der Waals surface area contributed by atoms with Gasteiger partial charge < -0.3 is 9.64 Å². The number of hydrogen-bond acceptors (Lipinski definition) is 7. The number of pyridine rings is 1. The van der Waals surface area contributed by atoms with Crippen LogP contribution in [0.4, 0.5) is 5.69 Å². The number of anilines is 1. The van der Waals surface area contributed by atoms with Crippen LogP contribution in [0.25, 0.3) is 0 Å². The van der Waals surface area contributed by atoms with Crippen molar-refractivity contribution in [2.75, 3.05) is 43.9 Å². The Labute approximate surface area is 176 Å². The molecule has 1 atom stereocenters. The maximum absolute atomic E-state index is 12.8. The fourth-order valence-electron chi connectivity index (χ4n) is 3.12. The van der Waals surface area contributed by atoms with Crippen LogP contribution in [0.5, 0.6) is 5.75 Å². The number of nitroso groups, excluding NO2 is 1. The fraction of sp³-hybridized carbons (Fsp3) is 0.350. The second-order valence-corrected chi connectivity index (χ2v) is 8.66. The quantitative estimate of drug-likeness (QED) is 0.401. The lowest BCUT2D eigenvalue weighted by molar-refractivity contribution is 0.383. The van der Waals surface area contributed by atoms with Crippen molar-refractivity contribution in [2.45, 2.75) is 6.04 Å². The number of aromatic nitrogens is 1. The highest BCUT2D eigenvalue weighted by Gasteiger charge is 2.29. The molecule has 2 heterocycles. The highest BCUT2D eigenvalue weighted by Crippen LogP contribution is 2.21. The molecule has 0 radical (unpaired) electrons. The molecule has 1 saturated heterocycles. The third-order valence-electron chi connectivity index (χ3n) is 4.71. The second-order valence-electron chi connectivity index (χ2n) is 6.65. The van der Waals surface area contributed by atoms with Crippen molar-refractivity contribution >= 4 is 15.7 Å². The minimum atomic E-state index is -3.62. The smallest absolute Gasteiger partial charge is 0.217 e. The summed E-state index contributed by atoms with van der Waals surface area (Å²) < 4.78 is 32.3. The van der Waals surface area contributed by atoms with E-state index in [-0.39, 0.29) is 5.75 Å². The van der Waals surface area contributed by atoms with Gasteiger partial charge in [0.25, 0.3) is 0 Å². The van der Waals surface area contributed by atoms with Gasteiger partial charge in [0.05, 0.1) is 18.1 Å². The summed E-state index contributed by atoms with van der Waals surface area (Å²) in [6.07, 6.45) is 3.18. The molecule has 1 aliphatic heterocycles. The summed E-state index contributed by atoms with van der Waals surface area (Å²) in [6.45, 7) is 1.84. The summed E-state index contributed by atoms with van der Waals surface area (Å²) in [5, 5.41) is 2.62. The maximum Gasteiger partial charge on any atom is 0.217 e. The number of benzene rings is 1. The third-order valence-corrected chi connectivity index (χ3v) is 6.61. The van der Waals surface area contributed by atoms with Gasteiger partial charge in [0.2, 0.25) is 10.0 Å². The maximum atomic E-state index is 12.8. The van der Waals surface area contributed by atoms with Crippen LogP contribution in [-0.2, 0) is 10.0 Å². The van der Waals surface area contributed by atoms with E-state index < -0.39 is 16.1 Å². The number of piperazine rings is 1. The lowest BCUT2D eigenvalue weighted by atomic mass is 10.2. The molecule has 1 aromatic carbocycles. The largest absolute Gasteiger partial charge is 0.497 e. The van der Waals surface area contributed by atoms with Gasteiger partial charge in [-0.3, -0.25) is 10.4 Å². The zero-order chi connectivity index (χ0) is 21.4. The monoisotopic (exact) mass is 429 g/mol. The van der Waals surface area contributed by atoms with Crippen molar-refractivity contribution in [3.05, 3.63) is 59.3 Å². The molecule has 0 saturated carbocycles. The van der Waals surface area contributed by atoms with Crippen LogP contribution < -0.4 is 15.1 Å². The SMILES string of the molecule is COc1ccc(N2CCN(S(=O)(=O)CC(C#Cc3cccnc3)NN=O)CC2)cc1. The molecule has 10 heteroatoms. The van der Waals surface area contributed by atoms with Gasteiger partial charge in [-0.15, -0.1) is 4.91 Å². The summed E-state index contributed by atoms with van der Waals surface area (Å²) >= 11 is 0. The van der Waals surface area contributed by atoms with Crippen molar-refractivity contribution in [1.29, 1.82) is 0 Å². The van der Waals surface area contributed by atoms with E-state index in [9.17, 15) is 13.3 Å². The number of rotatable bonds is 7. The molecular formula is C20H23N5O4S. The summed E-state index contributed by atoms with van der Waals surface area (Å²) in [4.78, 5) is 16.7. The van der Waals surface area contributed by atoms with Crippen molar-refractivity contribution in [3.8, 4) is 17.6 Å². The van der Waals surface area contributed by atoms with Gasteiger partial charge in [-0.1, -0.05) is 11.8 Å². The molecule has 0 spiro atoms. The molecule has 1 N–H and O–H groups in total. The van der Waals surface area contributed by atoms with E-state index in [1.54, 1.807) is 31.6 Å². The molecule has 0 aliphatic carbocycles. The van der Waals surface area contributed by atoms with Gasteiger partial charge in [-0.2, -0.15) is 4.31 Å². The standard InChI is InChI=1S/C20H23N5O4S/c1-29-20-8-6-19(7-9-20)24-11-13-25(14-12-24)30(27,28)16-18(22-23-26)5-4-17-3-2-10-21-15-17/h2-3,6-10,15,18H,11-14,16H2,1H3,(H,22,26). The van der Waals surface area contributed by atoms with Crippen LogP contribution in [0.2, 0.25) is 0 Å². The Kier molecular flexibility index (Phi) is 7.21. The number of sulfonamides is 1. The molecular weight excluding hydrogens is 406 g/mol. The highest BCUT2D eigenvalue weighted by molar-refractivity contribution is 7.89. The summed E-state index contributed by atoms with van der Waals surface area (Å²) in [5.41, 5.74) is 3.88. The topological polar surface area (TPSA) is 104 Å². The average Bonchev–Trinajstić information content (AvgIpc) is 2.78. The Morgan fingerprint density at radius 1 is 1.20 bits per heavy atom. The average molecular weight is 430 g/mol. The van der Waals surface area contributed by atoms with E-state index in [0.717, 1.165) is 11.4 Å². The van der Waals surface area contributed by atoms with Crippen molar-refractivity contribution < 1.29 is 13.2 Å². The van der Waals surface area contributed by atoms with Crippen LogP contribution >= 0.6 is 0 Å². The molecule has 1 unspecified atom stereocenters. The number of hydrogen-bond donors (Lipinski definition) is 1.